The number of fused-ring (bicyclic) bond motifs is 1. The molecule has 2 saturated heterocycles. The van der Waals surface area contributed by atoms with Crippen molar-refractivity contribution in [2.24, 2.45) is 45.3 Å². The second kappa shape index (κ2) is 13.7. The zero-order valence-electron chi connectivity index (χ0n) is 33.1. The molecule has 3 unspecified atom stereocenters. The molecule has 1 aromatic carbocycles. The van der Waals surface area contributed by atoms with Gasteiger partial charge in [0.25, 0.3) is 5.91 Å². The van der Waals surface area contributed by atoms with E-state index in [1.807, 2.05) is 78.8 Å². The Balaban J connectivity index is 1.15. The molecule has 6 rings (SSSR count). The van der Waals surface area contributed by atoms with Crippen LogP contribution in [-0.4, -0.2) is 88.1 Å². The Kier molecular flexibility index (Phi) is 10.0. The summed E-state index contributed by atoms with van der Waals surface area (Å²) in [4.78, 5) is 85.7. The summed E-state index contributed by atoms with van der Waals surface area (Å²) in [5, 5.41) is 7.34. The normalized spacial score (nSPS) is 29.1. The third-order valence-electron chi connectivity index (χ3n) is 13.3. The van der Waals surface area contributed by atoms with Gasteiger partial charge in [-0.15, -0.1) is 0 Å². The summed E-state index contributed by atoms with van der Waals surface area (Å²) in [6.45, 7) is 18.4. The monoisotopic (exact) mass is 732 g/mol. The average molecular weight is 733 g/mol. The minimum absolute atomic E-state index is 0.0683. The lowest BCUT2D eigenvalue weighted by Gasteiger charge is -2.57. The molecule has 0 aromatic heterocycles. The molecule has 0 radical (unpaired) electrons. The van der Waals surface area contributed by atoms with Crippen LogP contribution >= 0.6 is 0 Å². The second-order valence-electron chi connectivity index (χ2n) is 19.0. The number of nitrogens with one attached hydrogen (secondary N) is 3. The molecule has 3 saturated carbocycles. The number of carbonyl (C=O) groups excluding carboxylic acids is 6. The standard InChI is InChI=1S/C41H60N6O6/c1-10-20-47(29(48)17-16-24-14-12-11-13-15-24)44-33(49)31-30-27(40(30,8)9)22-45(31)35(51)32(39(5,6)7)43-37(53)42-28(38(2,3)4)23-46-34(50)26-21-25-18-19-41(25,26)36(46)52/h11-15,25-28,30-32H,10,16-23H2,1-9H3,(H,44,49)(H2,42,43,53)/t25?,26?,27-,28+,30-,31-,32+,41?/m0/s1. The van der Waals surface area contributed by atoms with Crippen molar-refractivity contribution >= 4 is 35.6 Å². The first-order valence-corrected chi connectivity index (χ1v) is 19.6. The van der Waals surface area contributed by atoms with Crippen LogP contribution in [0.15, 0.2) is 30.3 Å². The highest BCUT2D eigenvalue weighted by Gasteiger charge is 2.74. The minimum Gasteiger partial charge on any atom is -0.333 e. The van der Waals surface area contributed by atoms with Crippen molar-refractivity contribution in [2.75, 3.05) is 19.6 Å². The minimum atomic E-state index is -0.987. The Labute approximate surface area is 314 Å². The van der Waals surface area contributed by atoms with Gasteiger partial charge in [0.15, 0.2) is 0 Å². The molecule has 1 aromatic rings. The molecule has 3 N–H and O–H groups in total. The number of amides is 7. The van der Waals surface area contributed by atoms with Gasteiger partial charge in [-0.25, -0.2) is 4.79 Å². The molecule has 3 aliphatic carbocycles. The van der Waals surface area contributed by atoms with Gasteiger partial charge in [0.05, 0.1) is 17.4 Å². The molecule has 8 atom stereocenters. The first kappa shape index (κ1) is 38.8. The van der Waals surface area contributed by atoms with Gasteiger partial charge in [0.1, 0.15) is 12.1 Å². The maximum atomic E-state index is 14.5. The molecular weight excluding hydrogens is 672 g/mol. The number of hydrazine groups is 1. The van der Waals surface area contributed by atoms with E-state index in [1.165, 1.54) is 9.91 Å². The van der Waals surface area contributed by atoms with E-state index in [4.69, 9.17) is 0 Å². The predicted molar refractivity (Wildman–Crippen MR) is 199 cm³/mol. The maximum absolute atomic E-state index is 14.5. The molecule has 5 aliphatic rings. The molecule has 2 heterocycles. The van der Waals surface area contributed by atoms with Crippen molar-refractivity contribution in [1.82, 2.24) is 30.9 Å². The van der Waals surface area contributed by atoms with E-state index in [0.29, 0.717) is 31.8 Å². The molecule has 12 heteroatoms. The topological polar surface area (TPSA) is 148 Å². The predicted octanol–water partition coefficient (Wildman–Crippen LogP) is 4.29. The summed E-state index contributed by atoms with van der Waals surface area (Å²) >= 11 is 0. The first-order valence-electron chi connectivity index (χ1n) is 19.6. The number of hydrogen-bond donors (Lipinski definition) is 3. The fourth-order valence-corrected chi connectivity index (χ4v) is 9.62. The van der Waals surface area contributed by atoms with Crippen LogP contribution in [0.4, 0.5) is 4.79 Å². The van der Waals surface area contributed by atoms with Gasteiger partial charge in [0, 0.05) is 26.1 Å². The van der Waals surface area contributed by atoms with Crippen LogP contribution < -0.4 is 16.1 Å². The van der Waals surface area contributed by atoms with Gasteiger partial charge in [-0.2, -0.15) is 0 Å². The van der Waals surface area contributed by atoms with Gasteiger partial charge in [-0.3, -0.25) is 39.3 Å². The zero-order chi connectivity index (χ0) is 38.8. The largest absolute Gasteiger partial charge is 0.333 e. The average Bonchev–Trinajstić information content (AvgIpc) is 3.33. The lowest BCUT2D eigenvalue weighted by molar-refractivity contribution is -0.166. The van der Waals surface area contributed by atoms with E-state index < -0.39 is 46.3 Å². The molecule has 5 fully saturated rings. The first-order chi connectivity index (χ1) is 24.7. The van der Waals surface area contributed by atoms with Crippen LogP contribution in [0, 0.1) is 45.3 Å². The lowest BCUT2D eigenvalue weighted by Crippen LogP contribution is -2.63. The van der Waals surface area contributed by atoms with Crippen LogP contribution in [0.1, 0.15) is 100.0 Å². The van der Waals surface area contributed by atoms with E-state index in [2.05, 4.69) is 29.9 Å². The number of carbonyl (C=O) groups is 6. The van der Waals surface area contributed by atoms with Crippen LogP contribution in [-0.2, 0) is 30.4 Å². The van der Waals surface area contributed by atoms with Crippen LogP contribution in [0.3, 0.4) is 0 Å². The summed E-state index contributed by atoms with van der Waals surface area (Å²) in [7, 11) is 0. The van der Waals surface area contributed by atoms with Gasteiger partial charge in [-0.1, -0.05) is 92.6 Å². The molecular formula is C41H60N6O6. The Morgan fingerprint density at radius 1 is 0.981 bits per heavy atom. The number of rotatable bonds is 11. The molecule has 12 nitrogen and oxygen atoms in total. The number of urea groups is 1. The second-order valence-corrected chi connectivity index (χ2v) is 19.0. The van der Waals surface area contributed by atoms with E-state index in [0.717, 1.165) is 24.8 Å². The quantitative estimate of drug-likeness (QED) is 0.229. The Morgan fingerprint density at radius 2 is 1.66 bits per heavy atom. The number of piperidine rings is 1. The summed E-state index contributed by atoms with van der Waals surface area (Å²) in [6.07, 6.45) is 3.92. The van der Waals surface area contributed by atoms with Crippen LogP contribution in [0.2, 0.25) is 0 Å². The van der Waals surface area contributed by atoms with Gasteiger partial charge >= 0.3 is 6.03 Å². The van der Waals surface area contributed by atoms with E-state index in [-0.39, 0.29) is 59.8 Å². The van der Waals surface area contributed by atoms with Crippen molar-refractivity contribution in [3.05, 3.63) is 35.9 Å². The van der Waals surface area contributed by atoms with Gasteiger partial charge in [-0.05, 0) is 71.7 Å². The number of benzene rings is 1. The van der Waals surface area contributed by atoms with Crippen molar-refractivity contribution < 1.29 is 28.8 Å². The summed E-state index contributed by atoms with van der Waals surface area (Å²) < 4.78 is 0. The summed E-state index contributed by atoms with van der Waals surface area (Å²) in [5.41, 5.74) is 2.01. The number of likely N-dealkylation sites (tertiary alicyclic amines) is 2. The van der Waals surface area contributed by atoms with Crippen molar-refractivity contribution in [1.29, 1.82) is 0 Å². The highest BCUT2D eigenvalue weighted by atomic mass is 16.2. The summed E-state index contributed by atoms with van der Waals surface area (Å²) in [5.74, 6) is -1.13. The Hall–Kier alpha value is -3.96. The molecule has 290 valence electrons. The number of imide groups is 1. The highest BCUT2D eigenvalue weighted by molar-refractivity contribution is 6.09. The Bertz CT molecular complexity index is 1650. The SMILES string of the molecule is CCCN(NC(=O)[C@@H]1[C@@H]2[C@H](CN1C(=O)[C@@H](NC(=O)N[C@H](CN1C(=O)C3CC4CCC43C1=O)C(C)(C)C)C(C)(C)C)C2(C)C)C(=O)CCc1ccccc1. The van der Waals surface area contributed by atoms with Crippen molar-refractivity contribution in [3.63, 3.8) is 0 Å². The fourth-order valence-electron chi connectivity index (χ4n) is 9.62. The number of nitrogens with zero attached hydrogens (tertiary/aromatic N) is 3. The van der Waals surface area contributed by atoms with E-state index >= 15 is 0 Å². The third kappa shape index (κ3) is 6.84. The molecule has 0 bridgehead atoms. The van der Waals surface area contributed by atoms with Gasteiger partial charge < -0.3 is 15.5 Å². The van der Waals surface area contributed by atoms with E-state index in [9.17, 15) is 28.8 Å². The van der Waals surface area contributed by atoms with Crippen molar-refractivity contribution in [2.45, 2.75) is 119 Å². The molecule has 1 spiro atoms. The zero-order valence-corrected chi connectivity index (χ0v) is 33.1. The summed E-state index contributed by atoms with van der Waals surface area (Å²) in [6, 6.07) is 6.79. The Morgan fingerprint density at radius 3 is 2.21 bits per heavy atom. The molecule has 53 heavy (non-hydrogen) atoms. The van der Waals surface area contributed by atoms with Crippen LogP contribution in [0.25, 0.3) is 0 Å². The maximum Gasteiger partial charge on any atom is 0.315 e. The number of aryl methyl sites for hydroxylation is 1. The highest BCUT2D eigenvalue weighted by Crippen LogP contribution is 2.68. The fraction of sp³-hybridized carbons (Fsp3) is 0.707. The third-order valence-corrected chi connectivity index (χ3v) is 13.3. The smallest absolute Gasteiger partial charge is 0.315 e. The van der Waals surface area contributed by atoms with Gasteiger partial charge in [0.2, 0.25) is 23.6 Å². The molecule has 2 aliphatic heterocycles. The van der Waals surface area contributed by atoms with Crippen molar-refractivity contribution in [3.8, 4) is 0 Å². The van der Waals surface area contributed by atoms with E-state index in [1.54, 1.807) is 4.90 Å². The lowest BCUT2D eigenvalue weighted by atomic mass is 9.43. The number of hydrogen-bond acceptors (Lipinski definition) is 6. The molecule has 7 amide bonds. The van der Waals surface area contributed by atoms with Crippen LogP contribution in [0.5, 0.6) is 0 Å².